The zero-order chi connectivity index (χ0) is 13.5. The van der Waals surface area contributed by atoms with Crippen LogP contribution in [0.25, 0.3) is 0 Å². The van der Waals surface area contributed by atoms with Crippen LogP contribution in [-0.4, -0.2) is 55.6 Å². The van der Waals surface area contributed by atoms with Gasteiger partial charge in [-0.2, -0.15) is 0 Å². The van der Waals surface area contributed by atoms with Gasteiger partial charge in [0.05, 0.1) is 6.10 Å². The van der Waals surface area contributed by atoms with Gasteiger partial charge in [0.2, 0.25) is 0 Å². The van der Waals surface area contributed by atoms with Crippen LogP contribution in [0.3, 0.4) is 0 Å². The van der Waals surface area contributed by atoms with Crippen molar-refractivity contribution >= 4 is 0 Å². The van der Waals surface area contributed by atoms with Crippen LogP contribution in [-0.2, 0) is 4.74 Å². The molecule has 106 valence electrons. The molecule has 1 fully saturated rings. The van der Waals surface area contributed by atoms with Crippen LogP contribution in [0.1, 0.15) is 12.8 Å². The summed E-state index contributed by atoms with van der Waals surface area (Å²) in [6.07, 6.45) is 2.03. The summed E-state index contributed by atoms with van der Waals surface area (Å²) < 4.78 is 10.9. The Hall–Kier alpha value is -1.10. The van der Waals surface area contributed by atoms with Gasteiger partial charge in [0, 0.05) is 26.7 Å². The van der Waals surface area contributed by atoms with E-state index in [1.54, 1.807) is 7.11 Å². The number of piperidine rings is 1. The smallest absolute Gasteiger partial charge is 0.119 e. The third kappa shape index (κ3) is 4.82. The van der Waals surface area contributed by atoms with E-state index >= 15 is 0 Å². The number of ether oxygens (including phenoxy) is 2. The molecular formula is C15H23NO3. The number of para-hydroxylation sites is 1. The highest BCUT2D eigenvalue weighted by molar-refractivity contribution is 5.20. The van der Waals surface area contributed by atoms with Gasteiger partial charge in [-0.05, 0) is 25.0 Å². The van der Waals surface area contributed by atoms with Crippen molar-refractivity contribution < 1.29 is 14.6 Å². The van der Waals surface area contributed by atoms with Gasteiger partial charge < -0.3 is 19.5 Å². The minimum atomic E-state index is -0.445. The lowest BCUT2D eigenvalue weighted by molar-refractivity contribution is 0.0153. The van der Waals surface area contributed by atoms with Crippen LogP contribution in [0.15, 0.2) is 30.3 Å². The molecule has 4 nitrogen and oxygen atoms in total. The van der Waals surface area contributed by atoms with Gasteiger partial charge in [0.15, 0.2) is 0 Å². The normalized spacial score (nSPS) is 19.3. The second-order valence-corrected chi connectivity index (χ2v) is 5.01. The van der Waals surface area contributed by atoms with Gasteiger partial charge in [-0.25, -0.2) is 0 Å². The van der Waals surface area contributed by atoms with Crippen LogP contribution in [0.2, 0.25) is 0 Å². The van der Waals surface area contributed by atoms with Gasteiger partial charge in [-0.1, -0.05) is 18.2 Å². The van der Waals surface area contributed by atoms with Crippen molar-refractivity contribution in [3.8, 4) is 5.75 Å². The predicted octanol–water partition coefficient (Wildman–Crippen LogP) is 1.54. The van der Waals surface area contributed by atoms with Crippen LogP contribution >= 0.6 is 0 Å². The van der Waals surface area contributed by atoms with E-state index in [1.165, 1.54) is 0 Å². The van der Waals surface area contributed by atoms with E-state index in [0.29, 0.717) is 19.3 Å². The van der Waals surface area contributed by atoms with Crippen molar-refractivity contribution in [1.29, 1.82) is 0 Å². The summed E-state index contributed by atoms with van der Waals surface area (Å²) >= 11 is 0. The molecule has 19 heavy (non-hydrogen) atoms. The van der Waals surface area contributed by atoms with Gasteiger partial charge in [-0.15, -0.1) is 0 Å². The van der Waals surface area contributed by atoms with E-state index in [0.717, 1.165) is 31.7 Å². The average molecular weight is 265 g/mol. The Kier molecular flexibility index (Phi) is 5.63. The van der Waals surface area contributed by atoms with Crippen molar-refractivity contribution in [3.63, 3.8) is 0 Å². The summed E-state index contributed by atoms with van der Waals surface area (Å²) in [6, 6.07) is 9.60. The molecule has 1 unspecified atom stereocenters. The molecule has 1 aromatic rings. The number of hydrogen-bond acceptors (Lipinski definition) is 4. The molecule has 0 aromatic heterocycles. The Morgan fingerprint density at radius 3 is 2.58 bits per heavy atom. The number of likely N-dealkylation sites (tertiary alicyclic amines) is 1. The molecule has 2 rings (SSSR count). The van der Waals surface area contributed by atoms with Crippen molar-refractivity contribution in [2.45, 2.75) is 25.0 Å². The Bertz CT molecular complexity index is 350. The van der Waals surface area contributed by atoms with Crippen molar-refractivity contribution in [3.05, 3.63) is 30.3 Å². The zero-order valence-electron chi connectivity index (χ0n) is 11.5. The van der Waals surface area contributed by atoms with Gasteiger partial charge in [0.1, 0.15) is 18.5 Å². The Morgan fingerprint density at radius 1 is 1.26 bits per heavy atom. The lowest BCUT2D eigenvalue weighted by atomic mass is 10.1. The second kappa shape index (κ2) is 7.48. The number of hydrogen-bond donors (Lipinski definition) is 1. The van der Waals surface area contributed by atoms with Crippen LogP contribution in [0.4, 0.5) is 0 Å². The van der Waals surface area contributed by atoms with E-state index in [9.17, 15) is 5.11 Å². The molecule has 0 radical (unpaired) electrons. The minimum absolute atomic E-state index is 0.341. The van der Waals surface area contributed by atoms with E-state index < -0.39 is 6.10 Å². The Balaban J connectivity index is 1.66. The fraction of sp³-hybridized carbons (Fsp3) is 0.600. The van der Waals surface area contributed by atoms with E-state index in [4.69, 9.17) is 9.47 Å². The minimum Gasteiger partial charge on any atom is -0.491 e. The van der Waals surface area contributed by atoms with E-state index in [-0.39, 0.29) is 0 Å². The number of methoxy groups -OCH3 is 1. The quantitative estimate of drug-likeness (QED) is 0.847. The summed E-state index contributed by atoms with van der Waals surface area (Å²) in [6.45, 7) is 2.99. The standard InChI is InChI=1S/C15H23NO3/c1-18-14-7-9-16(10-8-14)11-13(17)12-19-15-5-3-2-4-6-15/h2-6,13-14,17H,7-12H2,1H3. The molecule has 1 saturated heterocycles. The largest absolute Gasteiger partial charge is 0.491 e. The molecule has 1 atom stereocenters. The lowest BCUT2D eigenvalue weighted by Crippen LogP contribution is -2.42. The maximum absolute atomic E-state index is 9.99. The highest BCUT2D eigenvalue weighted by atomic mass is 16.5. The number of β-amino-alcohol motifs (C(OH)–C–C–N with tert-alkyl or cyclic N) is 1. The van der Waals surface area contributed by atoms with Gasteiger partial charge in [-0.3, -0.25) is 0 Å². The van der Waals surface area contributed by atoms with Crippen molar-refractivity contribution in [2.24, 2.45) is 0 Å². The number of aliphatic hydroxyl groups is 1. The van der Waals surface area contributed by atoms with E-state index in [2.05, 4.69) is 4.90 Å². The third-order valence-electron chi connectivity index (χ3n) is 3.52. The fourth-order valence-corrected chi connectivity index (χ4v) is 2.39. The Morgan fingerprint density at radius 2 is 1.95 bits per heavy atom. The van der Waals surface area contributed by atoms with Crippen LogP contribution in [0.5, 0.6) is 5.75 Å². The summed E-state index contributed by atoms with van der Waals surface area (Å²) in [7, 11) is 1.77. The highest BCUT2D eigenvalue weighted by Crippen LogP contribution is 2.13. The van der Waals surface area contributed by atoms with Crippen LogP contribution < -0.4 is 4.74 Å². The summed E-state index contributed by atoms with van der Waals surface area (Å²) in [5.74, 6) is 0.805. The average Bonchev–Trinajstić information content (AvgIpc) is 2.47. The first-order valence-corrected chi connectivity index (χ1v) is 6.89. The maximum atomic E-state index is 9.99. The lowest BCUT2D eigenvalue weighted by Gasteiger charge is -2.32. The number of rotatable bonds is 6. The molecule has 0 saturated carbocycles. The maximum Gasteiger partial charge on any atom is 0.119 e. The molecule has 1 heterocycles. The van der Waals surface area contributed by atoms with Gasteiger partial charge >= 0.3 is 0 Å². The fourth-order valence-electron chi connectivity index (χ4n) is 2.39. The predicted molar refractivity (Wildman–Crippen MR) is 74.4 cm³/mol. The molecule has 0 bridgehead atoms. The second-order valence-electron chi connectivity index (χ2n) is 5.01. The molecular weight excluding hydrogens is 242 g/mol. The first-order chi connectivity index (χ1) is 9.28. The molecule has 0 amide bonds. The molecule has 0 aliphatic carbocycles. The summed E-state index contributed by atoms with van der Waals surface area (Å²) in [4.78, 5) is 2.27. The Labute approximate surface area is 114 Å². The molecule has 1 aliphatic heterocycles. The summed E-state index contributed by atoms with van der Waals surface area (Å²) in [5, 5.41) is 9.99. The zero-order valence-corrected chi connectivity index (χ0v) is 11.5. The molecule has 4 heteroatoms. The number of nitrogens with zero attached hydrogens (tertiary/aromatic N) is 1. The molecule has 1 aromatic carbocycles. The van der Waals surface area contributed by atoms with Gasteiger partial charge in [0.25, 0.3) is 0 Å². The SMILES string of the molecule is COC1CCN(CC(O)COc2ccccc2)CC1. The molecule has 1 N–H and O–H groups in total. The molecule has 0 spiro atoms. The summed E-state index contributed by atoms with van der Waals surface area (Å²) in [5.41, 5.74) is 0. The van der Waals surface area contributed by atoms with Crippen molar-refractivity contribution in [1.82, 2.24) is 4.90 Å². The van der Waals surface area contributed by atoms with Crippen LogP contribution in [0, 0.1) is 0 Å². The van der Waals surface area contributed by atoms with E-state index in [1.807, 2.05) is 30.3 Å². The topological polar surface area (TPSA) is 41.9 Å². The van der Waals surface area contributed by atoms with Crippen molar-refractivity contribution in [2.75, 3.05) is 33.4 Å². The highest BCUT2D eigenvalue weighted by Gasteiger charge is 2.20. The first-order valence-electron chi connectivity index (χ1n) is 6.89. The number of aliphatic hydroxyl groups excluding tert-OH is 1. The third-order valence-corrected chi connectivity index (χ3v) is 3.52. The molecule has 1 aliphatic rings. The monoisotopic (exact) mass is 265 g/mol. The first kappa shape index (κ1) is 14.3. The number of benzene rings is 1.